The largest absolute Gasteiger partial charge is 0.309 e. The van der Waals surface area contributed by atoms with E-state index in [4.69, 9.17) is 5.10 Å². The van der Waals surface area contributed by atoms with E-state index in [1.54, 1.807) is 0 Å². The molecular weight excluding hydrogens is 312 g/mol. The van der Waals surface area contributed by atoms with Crippen LogP contribution in [0.4, 0.5) is 0 Å². The van der Waals surface area contributed by atoms with Crippen molar-refractivity contribution in [3.8, 4) is 0 Å². The van der Waals surface area contributed by atoms with Crippen molar-refractivity contribution < 1.29 is 0 Å². The van der Waals surface area contributed by atoms with Crippen LogP contribution in [0.3, 0.4) is 0 Å². The van der Waals surface area contributed by atoms with Crippen molar-refractivity contribution in [2.75, 3.05) is 58.9 Å². The third-order valence-electron chi connectivity index (χ3n) is 5.93. The lowest BCUT2D eigenvalue weighted by Crippen LogP contribution is -2.33. The van der Waals surface area contributed by atoms with Crippen molar-refractivity contribution in [2.45, 2.75) is 45.3 Å². The Kier molecular flexibility index (Phi) is 6.02. The normalized spacial score (nSPS) is 23.7. The molecule has 0 aromatic carbocycles. The van der Waals surface area contributed by atoms with Gasteiger partial charge in [0.15, 0.2) is 0 Å². The van der Waals surface area contributed by atoms with Crippen LogP contribution < -0.4 is 5.32 Å². The van der Waals surface area contributed by atoms with E-state index < -0.39 is 0 Å². The molecule has 3 aliphatic rings. The molecule has 140 valence electrons. The van der Waals surface area contributed by atoms with Gasteiger partial charge in [0.05, 0.1) is 17.9 Å². The molecule has 3 aliphatic heterocycles. The van der Waals surface area contributed by atoms with Crippen LogP contribution >= 0.6 is 0 Å². The molecular formula is C19H34N6. The van der Waals surface area contributed by atoms with Crippen molar-refractivity contribution in [3.05, 3.63) is 17.5 Å². The van der Waals surface area contributed by atoms with Crippen molar-refractivity contribution in [1.29, 1.82) is 0 Å². The monoisotopic (exact) mass is 346 g/mol. The number of hydrogen-bond donors (Lipinski definition) is 1. The SMILES string of the molecule is c1c(CN2CCCN(CCCN3CCCC3)CC2)nn2c1CNCC2. The zero-order valence-electron chi connectivity index (χ0n) is 15.6. The molecule has 25 heavy (non-hydrogen) atoms. The highest BCUT2D eigenvalue weighted by molar-refractivity contribution is 5.11. The lowest BCUT2D eigenvalue weighted by atomic mass is 10.3. The zero-order valence-corrected chi connectivity index (χ0v) is 15.6. The minimum Gasteiger partial charge on any atom is -0.309 e. The molecule has 0 aliphatic carbocycles. The summed E-state index contributed by atoms with van der Waals surface area (Å²) in [6.07, 6.45) is 5.44. The fraction of sp³-hybridized carbons (Fsp3) is 0.842. The highest BCUT2D eigenvalue weighted by Crippen LogP contribution is 2.13. The Bertz CT molecular complexity index is 513. The molecule has 0 radical (unpaired) electrons. The predicted molar refractivity (Wildman–Crippen MR) is 101 cm³/mol. The highest BCUT2D eigenvalue weighted by atomic mass is 15.3. The van der Waals surface area contributed by atoms with E-state index in [0.717, 1.165) is 26.2 Å². The van der Waals surface area contributed by atoms with Gasteiger partial charge in [-0.2, -0.15) is 5.10 Å². The standard InChI is InChI=1S/C19H34N6/c1-2-7-22(6-1)8-3-9-23-10-4-11-24(14-13-23)17-18-15-19-16-20-5-12-25(19)21-18/h15,20H,1-14,16-17H2. The average Bonchev–Trinajstić information content (AvgIpc) is 3.22. The predicted octanol–water partition coefficient (Wildman–Crippen LogP) is 0.980. The Labute approximate surface area is 152 Å². The zero-order chi connectivity index (χ0) is 16.9. The number of nitrogens with one attached hydrogen (secondary N) is 1. The number of aromatic nitrogens is 2. The first-order valence-corrected chi connectivity index (χ1v) is 10.3. The van der Waals surface area contributed by atoms with Crippen LogP contribution in [0.15, 0.2) is 6.07 Å². The summed E-state index contributed by atoms with van der Waals surface area (Å²) in [5, 5.41) is 8.23. The van der Waals surface area contributed by atoms with E-state index in [9.17, 15) is 0 Å². The van der Waals surface area contributed by atoms with Crippen LogP contribution in [0.5, 0.6) is 0 Å². The molecule has 1 N–H and O–H groups in total. The van der Waals surface area contributed by atoms with Crippen LogP contribution in [0.1, 0.15) is 37.1 Å². The van der Waals surface area contributed by atoms with Crippen molar-refractivity contribution in [1.82, 2.24) is 29.8 Å². The molecule has 1 aromatic rings. The van der Waals surface area contributed by atoms with Crippen molar-refractivity contribution in [2.24, 2.45) is 0 Å². The summed E-state index contributed by atoms with van der Waals surface area (Å²) in [5.74, 6) is 0. The summed E-state index contributed by atoms with van der Waals surface area (Å²) in [6.45, 7) is 14.2. The molecule has 0 unspecified atom stereocenters. The summed E-state index contributed by atoms with van der Waals surface area (Å²) < 4.78 is 2.19. The Morgan fingerprint density at radius 3 is 2.40 bits per heavy atom. The fourth-order valence-corrected chi connectivity index (χ4v) is 4.49. The van der Waals surface area contributed by atoms with E-state index in [1.165, 1.54) is 89.4 Å². The average molecular weight is 347 g/mol. The van der Waals surface area contributed by atoms with Gasteiger partial charge in [0.2, 0.25) is 0 Å². The lowest BCUT2D eigenvalue weighted by Gasteiger charge is -2.22. The maximum Gasteiger partial charge on any atom is 0.0768 e. The first-order valence-electron chi connectivity index (χ1n) is 10.3. The van der Waals surface area contributed by atoms with Gasteiger partial charge in [0, 0.05) is 32.7 Å². The van der Waals surface area contributed by atoms with E-state index >= 15 is 0 Å². The molecule has 0 amide bonds. The topological polar surface area (TPSA) is 39.6 Å². The van der Waals surface area contributed by atoms with E-state index in [2.05, 4.69) is 30.8 Å². The van der Waals surface area contributed by atoms with Gasteiger partial charge in [-0.05, 0) is 71.0 Å². The van der Waals surface area contributed by atoms with Gasteiger partial charge in [0.25, 0.3) is 0 Å². The van der Waals surface area contributed by atoms with Gasteiger partial charge < -0.3 is 15.1 Å². The second-order valence-corrected chi connectivity index (χ2v) is 7.90. The Morgan fingerprint density at radius 1 is 0.840 bits per heavy atom. The molecule has 2 saturated heterocycles. The molecule has 6 heteroatoms. The van der Waals surface area contributed by atoms with Gasteiger partial charge in [0.1, 0.15) is 0 Å². The van der Waals surface area contributed by atoms with E-state index in [-0.39, 0.29) is 0 Å². The second kappa shape index (κ2) is 8.62. The lowest BCUT2D eigenvalue weighted by molar-refractivity contribution is 0.235. The van der Waals surface area contributed by atoms with Gasteiger partial charge in [-0.25, -0.2) is 0 Å². The molecule has 0 spiro atoms. The maximum absolute atomic E-state index is 4.80. The Hall–Kier alpha value is -0.950. The summed E-state index contributed by atoms with van der Waals surface area (Å²) >= 11 is 0. The molecule has 0 saturated carbocycles. The van der Waals surface area contributed by atoms with E-state index in [1.807, 2.05) is 0 Å². The molecule has 1 aromatic heterocycles. The van der Waals surface area contributed by atoms with Gasteiger partial charge >= 0.3 is 0 Å². The third kappa shape index (κ3) is 4.82. The number of rotatable bonds is 6. The molecule has 6 nitrogen and oxygen atoms in total. The Morgan fingerprint density at radius 2 is 1.56 bits per heavy atom. The number of likely N-dealkylation sites (tertiary alicyclic amines) is 1. The fourth-order valence-electron chi connectivity index (χ4n) is 4.49. The van der Waals surface area contributed by atoms with Crippen molar-refractivity contribution >= 4 is 0 Å². The summed E-state index contributed by atoms with van der Waals surface area (Å²) in [4.78, 5) is 7.92. The minimum atomic E-state index is 0.970. The van der Waals surface area contributed by atoms with Crippen LogP contribution in [-0.4, -0.2) is 83.4 Å². The second-order valence-electron chi connectivity index (χ2n) is 7.90. The smallest absolute Gasteiger partial charge is 0.0768 e. The first kappa shape index (κ1) is 17.5. The molecule has 4 heterocycles. The molecule has 4 rings (SSSR count). The molecule has 0 atom stereocenters. The minimum absolute atomic E-state index is 0.970. The molecule has 0 bridgehead atoms. The van der Waals surface area contributed by atoms with Gasteiger partial charge in [-0.15, -0.1) is 0 Å². The Balaban J connectivity index is 1.20. The van der Waals surface area contributed by atoms with Crippen LogP contribution in [0.2, 0.25) is 0 Å². The van der Waals surface area contributed by atoms with Crippen LogP contribution in [-0.2, 0) is 19.6 Å². The summed E-state index contributed by atoms with van der Waals surface area (Å²) in [5.41, 5.74) is 2.60. The number of fused-ring (bicyclic) bond motifs is 1. The van der Waals surface area contributed by atoms with Gasteiger partial charge in [-0.1, -0.05) is 0 Å². The highest BCUT2D eigenvalue weighted by Gasteiger charge is 2.18. The summed E-state index contributed by atoms with van der Waals surface area (Å²) in [7, 11) is 0. The third-order valence-corrected chi connectivity index (χ3v) is 5.93. The quantitative estimate of drug-likeness (QED) is 0.831. The first-order chi connectivity index (χ1) is 12.4. The van der Waals surface area contributed by atoms with Crippen LogP contribution in [0.25, 0.3) is 0 Å². The van der Waals surface area contributed by atoms with Gasteiger partial charge in [-0.3, -0.25) is 9.58 Å². The molecule has 2 fully saturated rings. The van der Waals surface area contributed by atoms with Crippen molar-refractivity contribution in [3.63, 3.8) is 0 Å². The summed E-state index contributed by atoms with van der Waals surface area (Å²) in [6, 6.07) is 2.30. The number of hydrogen-bond acceptors (Lipinski definition) is 5. The van der Waals surface area contributed by atoms with E-state index in [0.29, 0.717) is 0 Å². The maximum atomic E-state index is 4.80. The number of nitrogens with zero attached hydrogens (tertiary/aromatic N) is 5. The van der Waals surface area contributed by atoms with Crippen LogP contribution in [0, 0.1) is 0 Å².